The van der Waals surface area contributed by atoms with Crippen molar-refractivity contribution in [3.05, 3.63) is 28.3 Å². The first-order chi connectivity index (χ1) is 12.5. The number of ether oxygens (including phenoxy) is 2. The van der Waals surface area contributed by atoms with Crippen molar-refractivity contribution < 1.29 is 24.0 Å². The first-order valence-corrected chi connectivity index (χ1v) is 8.76. The highest BCUT2D eigenvalue weighted by Crippen LogP contribution is 2.31. The predicted molar refractivity (Wildman–Crippen MR) is 98.9 cm³/mol. The fourth-order valence-corrected chi connectivity index (χ4v) is 2.77. The minimum absolute atomic E-state index is 0.0121. The number of esters is 1. The highest BCUT2D eigenvalue weighted by molar-refractivity contribution is 5.71. The molecule has 0 bridgehead atoms. The van der Waals surface area contributed by atoms with Crippen LogP contribution in [0.3, 0.4) is 0 Å². The monoisotopic (exact) mass is 379 g/mol. The summed E-state index contributed by atoms with van der Waals surface area (Å²) < 4.78 is 10.3. The third-order valence-electron chi connectivity index (χ3n) is 3.93. The maximum absolute atomic E-state index is 12.1. The molecule has 0 unspecified atom stereocenters. The molecule has 0 radical (unpaired) electrons. The van der Waals surface area contributed by atoms with Crippen molar-refractivity contribution in [2.45, 2.75) is 52.2 Å². The summed E-state index contributed by atoms with van der Waals surface area (Å²) in [5, 5.41) is 14.5. The number of hydrogen-bond donors (Lipinski definition) is 1. The normalized spacial score (nSPS) is 15.2. The molecule has 9 nitrogen and oxygen atoms in total. The van der Waals surface area contributed by atoms with Gasteiger partial charge >= 0.3 is 12.1 Å². The van der Waals surface area contributed by atoms with Crippen molar-refractivity contribution in [3.63, 3.8) is 0 Å². The van der Waals surface area contributed by atoms with Crippen LogP contribution >= 0.6 is 0 Å². The molecule has 0 saturated carbocycles. The Kier molecular flexibility index (Phi) is 6.24. The maximum Gasteiger partial charge on any atom is 0.410 e. The number of rotatable bonds is 4. The van der Waals surface area contributed by atoms with Crippen molar-refractivity contribution >= 4 is 23.4 Å². The Balaban J connectivity index is 1.99. The quantitative estimate of drug-likeness (QED) is 0.370. The number of carbonyl (C=O) groups is 2. The van der Waals surface area contributed by atoms with Crippen LogP contribution in [0.15, 0.2) is 18.2 Å². The van der Waals surface area contributed by atoms with E-state index in [9.17, 15) is 19.7 Å². The lowest BCUT2D eigenvalue weighted by Gasteiger charge is -2.34. The molecule has 27 heavy (non-hydrogen) atoms. The number of nitro groups is 1. The first kappa shape index (κ1) is 20.5. The van der Waals surface area contributed by atoms with Crippen LogP contribution in [0.1, 0.15) is 40.5 Å². The third-order valence-corrected chi connectivity index (χ3v) is 3.93. The molecule has 2 rings (SSSR count). The number of benzene rings is 1. The van der Waals surface area contributed by atoms with Gasteiger partial charge in [0.05, 0.1) is 11.0 Å². The summed E-state index contributed by atoms with van der Waals surface area (Å²) in [6.45, 7) is 7.70. The largest absolute Gasteiger partial charge is 0.444 e. The van der Waals surface area contributed by atoms with Crippen LogP contribution in [0.25, 0.3) is 0 Å². The summed E-state index contributed by atoms with van der Waals surface area (Å²) in [6, 6.07) is 4.24. The summed E-state index contributed by atoms with van der Waals surface area (Å²) in [4.78, 5) is 35.6. The van der Waals surface area contributed by atoms with Crippen LogP contribution < -0.4 is 10.1 Å². The van der Waals surface area contributed by atoms with E-state index in [2.05, 4.69) is 5.32 Å². The van der Waals surface area contributed by atoms with E-state index in [1.807, 2.05) is 20.8 Å². The number of anilines is 1. The van der Waals surface area contributed by atoms with Gasteiger partial charge in [0.25, 0.3) is 5.69 Å². The van der Waals surface area contributed by atoms with E-state index in [-0.39, 0.29) is 23.6 Å². The summed E-state index contributed by atoms with van der Waals surface area (Å²) >= 11 is 0. The van der Waals surface area contributed by atoms with Gasteiger partial charge in [-0.05, 0) is 45.7 Å². The van der Waals surface area contributed by atoms with Gasteiger partial charge in [-0.25, -0.2) is 4.79 Å². The SMILES string of the molecule is CC(=O)Oc1ccc(NC2CCN(C(=O)OC(C)(C)C)CC2)c([N+](=O)[O-])c1. The minimum atomic E-state index is -0.545. The Hall–Kier alpha value is -2.84. The molecular formula is C18H25N3O6. The number of amides is 1. The van der Waals surface area contributed by atoms with E-state index in [0.717, 1.165) is 0 Å². The molecule has 1 aliphatic rings. The van der Waals surface area contributed by atoms with Gasteiger partial charge in [0, 0.05) is 26.1 Å². The van der Waals surface area contributed by atoms with E-state index in [1.165, 1.54) is 25.1 Å². The summed E-state index contributed by atoms with van der Waals surface area (Å²) in [5.41, 5.74) is -0.355. The summed E-state index contributed by atoms with van der Waals surface area (Å²) in [6.07, 6.45) is 0.933. The topological polar surface area (TPSA) is 111 Å². The van der Waals surface area contributed by atoms with Crippen LogP contribution in [0.4, 0.5) is 16.2 Å². The predicted octanol–water partition coefficient (Wildman–Crippen LogP) is 3.33. The number of hydrogen-bond acceptors (Lipinski definition) is 7. The number of nitrogens with zero attached hydrogens (tertiary/aromatic N) is 2. The maximum atomic E-state index is 12.1. The van der Waals surface area contributed by atoms with Gasteiger partial charge in [-0.2, -0.15) is 0 Å². The van der Waals surface area contributed by atoms with Gasteiger partial charge in [0.1, 0.15) is 17.0 Å². The van der Waals surface area contributed by atoms with Crippen LogP contribution in [0.2, 0.25) is 0 Å². The zero-order valence-electron chi connectivity index (χ0n) is 16.0. The molecule has 0 spiro atoms. The summed E-state index contributed by atoms with van der Waals surface area (Å²) in [7, 11) is 0. The van der Waals surface area contributed by atoms with Gasteiger partial charge in [-0.15, -0.1) is 0 Å². The molecule has 148 valence electrons. The molecule has 1 heterocycles. The average molecular weight is 379 g/mol. The fraction of sp³-hybridized carbons (Fsp3) is 0.556. The molecule has 1 amide bonds. The molecule has 0 atom stereocenters. The lowest BCUT2D eigenvalue weighted by molar-refractivity contribution is -0.384. The molecule has 1 saturated heterocycles. The van der Waals surface area contributed by atoms with Crippen LogP contribution in [-0.2, 0) is 9.53 Å². The molecule has 0 aromatic heterocycles. The zero-order valence-corrected chi connectivity index (χ0v) is 16.0. The van der Waals surface area contributed by atoms with Crippen molar-refractivity contribution in [1.29, 1.82) is 0 Å². The molecule has 1 N–H and O–H groups in total. The highest BCUT2D eigenvalue weighted by atomic mass is 16.6. The Labute approximate surface area is 157 Å². The molecule has 1 aromatic carbocycles. The van der Waals surface area contributed by atoms with Gasteiger partial charge in [0.2, 0.25) is 0 Å². The standard InChI is InChI=1S/C18H25N3O6/c1-12(22)26-14-5-6-15(16(11-14)21(24)25)19-13-7-9-20(10-8-13)17(23)27-18(2,3)4/h5-6,11,13,19H,7-10H2,1-4H3. The fourth-order valence-electron chi connectivity index (χ4n) is 2.77. The van der Waals surface area contributed by atoms with Crippen molar-refractivity contribution in [2.75, 3.05) is 18.4 Å². The van der Waals surface area contributed by atoms with Crippen LogP contribution in [0, 0.1) is 10.1 Å². The van der Waals surface area contributed by atoms with Crippen molar-refractivity contribution in [1.82, 2.24) is 4.90 Å². The van der Waals surface area contributed by atoms with E-state index < -0.39 is 16.5 Å². The van der Waals surface area contributed by atoms with E-state index in [4.69, 9.17) is 9.47 Å². The van der Waals surface area contributed by atoms with Crippen LogP contribution in [0.5, 0.6) is 5.75 Å². The van der Waals surface area contributed by atoms with Gasteiger partial charge in [-0.3, -0.25) is 14.9 Å². The zero-order chi connectivity index (χ0) is 20.2. The Morgan fingerprint density at radius 3 is 2.41 bits per heavy atom. The first-order valence-electron chi connectivity index (χ1n) is 8.76. The highest BCUT2D eigenvalue weighted by Gasteiger charge is 2.28. The van der Waals surface area contributed by atoms with Crippen LogP contribution in [-0.4, -0.2) is 46.6 Å². The molecular weight excluding hydrogens is 354 g/mol. The number of piperidine rings is 1. The number of carbonyl (C=O) groups excluding carboxylic acids is 2. The van der Waals surface area contributed by atoms with Crippen molar-refractivity contribution in [3.8, 4) is 5.75 Å². The second-order valence-electron chi connectivity index (χ2n) is 7.42. The number of nitro benzene ring substituents is 1. The number of likely N-dealkylation sites (tertiary alicyclic amines) is 1. The second-order valence-corrected chi connectivity index (χ2v) is 7.42. The van der Waals surface area contributed by atoms with Gasteiger partial charge in [-0.1, -0.05) is 0 Å². The lowest BCUT2D eigenvalue weighted by Crippen LogP contribution is -2.44. The van der Waals surface area contributed by atoms with Gasteiger partial charge in [0.15, 0.2) is 0 Å². The average Bonchev–Trinajstić information content (AvgIpc) is 2.54. The van der Waals surface area contributed by atoms with E-state index in [0.29, 0.717) is 31.6 Å². The minimum Gasteiger partial charge on any atom is -0.444 e. The lowest BCUT2D eigenvalue weighted by atomic mass is 10.0. The third kappa shape index (κ3) is 6.12. The molecule has 1 aliphatic heterocycles. The molecule has 0 aliphatic carbocycles. The number of nitrogens with one attached hydrogen (secondary N) is 1. The Bertz CT molecular complexity index is 720. The van der Waals surface area contributed by atoms with E-state index in [1.54, 1.807) is 4.90 Å². The van der Waals surface area contributed by atoms with E-state index >= 15 is 0 Å². The summed E-state index contributed by atoms with van der Waals surface area (Å²) in [5.74, 6) is -0.418. The van der Waals surface area contributed by atoms with Crippen molar-refractivity contribution in [2.24, 2.45) is 0 Å². The Morgan fingerprint density at radius 2 is 1.89 bits per heavy atom. The molecule has 9 heteroatoms. The Morgan fingerprint density at radius 1 is 1.26 bits per heavy atom. The second kappa shape index (κ2) is 8.24. The molecule has 1 aromatic rings. The molecule has 1 fully saturated rings. The smallest absolute Gasteiger partial charge is 0.410 e. The van der Waals surface area contributed by atoms with Gasteiger partial charge < -0.3 is 19.7 Å².